The second-order valence-electron chi connectivity index (χ2n) is 8.73. The number of aryl methyl sites for hydroxylation is 2. The number of phenols is 1. The molecule has 0 atom stereocenters. The SMILES string of the molecule is Cc1ccc2c(c1)C(CCC(F)(F)F)(CCC(F)(F)F)c1cc(O)c3cc(C)ccc3c1-2. The van der Waals surface area contributed by atoms with Crippen LogP contribution in [0, 0.1) is 13.8 Å². The molecule has 3 aromatic carbocycles. The van der Waals surface area contributed by atoms with Crippen LogP contribution in [-0.2, 0) is 5.41 Å². The lowest BCUT2D eigenvalue weighted by atomic mass is 9.70. The lowest BCUT2D eigenvalue weighted by Crippen LogP contribution is -2.30. The molecule has 0 spiro atoms. The Bertz CT molecular complexity index is 1170. The topological polar surface area (TPSA) is 20.2 Å². The summed E-state index contributed by atoms with van der Waals surface area (Å²) in [4.78, 5) is 0. The van der Waals surface area contributed by atoms with Crippen LogP contribution in [0.4, 0.5) is 26.3 Å². The highest BCUT2D eigenvalue weighted by Crippen LogP contribution is 2.58. The third kappa shape index (κ3) is 3.93. The lowest BCUT2D eigenvalue weighted by molar-refractivity contribution is -0.143. The number of halogens is 6. The first-order chi connectivity index (χ1) is 14.8. The second kappa shape index (κ2) is 7.42. The summed E-state index contributed by atoms with van der Waals surface area (Å²) < 4.78 is 79.7. The molecule has 7 heteroatoms. The molecule has 0 radical (unpaired) electrons. The molecule has 170 valence electrons. The fourth-order valence-electron chi connectivity index (χ4n) is 4.98. The van der Waals surface area contributed by atoms with Crippen molar-refractivity contribution in [2.45, 2.75) is 57.3 Å². The van der Waals surface area contributed by atoms with Gasteiger partial charge in [-0.1, -0.05) is 41.5 Å². The minimum absolute atomic E-state index is 0.143. The molecule has 4 rings (SSSR count). The summed E-state index contributed by atoms with van der Waals surface area (Å²) in [5.74, 6) is -0.143. The zero-order valence-corrected chi connectivity index (χ0v) is 17.6. The normalized spacial score (nSPS) is 15.1. The van der Waals surface area contributed by atoms with Crippen LogP contribution in [0.15, 0.2) is 42.5 Å². The summed E-state index contributed by atoms with van der Waals surface area (Å²) >= 11 is 0. The second-order valence-corrected chi connectivity index (χ2v) is 8.73. The van der Waals surface area contributed by atoms with E-state index in [-0.39, 0.29) is 5.75 Å². The first-order valence-corrected chi connectivity index (χ1v) is 10.3. The van der Waals surface area contributed by atoms with Crippen LogP contribution in [0.1, 0.15) is 47.9 Å². The highest BCUT2D eigenvalue weighted by atomic mass is 19.4. The predicted octanol–water partition coefficient (Wildman–Crippen LogP) is 8.11. The average molecular weight is 452 g/mol. The van der Waals surface area contributed by atoms with Crippen LogP contribution in [0.25, 0.3) is 21.9 Å². The van der Waals surface area contributed by atoms with E-state index in [4.69, 9.17) is 0 Å². The molecule has 0 saturated carbocycles. The van der Waals surface area contributed by atoms with Gasteiger partial charge in [0.2, 0.25) is 0 Å². The van der Waals surface area contributed by atoms with Gasteiger partial charge in [0.25, 0.3) is 0 Å². The standard InChI is InChI=1S/C25H22F6O/c1-14-3-5-16-18(11-14)21(32)13-20-22(16)17-6-4-15(2)12-19(17)23(20,7-9-24(26,27)28)8-10-25(29,30)31/h3-6,11-13,32H,7-10H2,1-2H3. The van der Waals surface area contributed by atoms with Gasteiger partial charge in [0.05, 0.1) is 0 Å². The minimum atomic E-state index is -4.52. The van der Waals surface area contributed by atoms with E-state index in [9.17, 15) is 31.4 Å². The summed E-state index contributed by atoms with van der Waals surface area (Å²) in [5, 5.41) is 11.9. The van der Waals surface area contributed by atoms with Gasteiger partial charge in [0.1, 0.15) is 5.75 Å². The maximum Gasteiger partial charge on any atom is 0.389 e. The van der Waals surface area contributed by atoms with Crippen molar-refractivity contribution in [3.63, 3.8) is 0 Å². The molecule has 0 amide bonds. The predicted molar refractivity (Wildman–Crippen MR) is 112 cm³/mol. The molecule has 0 aromatic heterocycles. The fourth-order valence-corrected chi connectivity index (χ4v) is 4.98. The zero-order valence-electron chi connectivity index (χ0n) is 17.6. The Balaban J connectivity index is 2.05. The van der Waals surface area contributed by atoms with Crippen molar-refractivity contribution in [2.24, 2.45) is 0 Å². The Kier molecular flexibility index (Phi) is 5.22. The van der Waals surface area contributed by atoms with E-state index in [1.54, 1.807) is 37.3 Å². The largest absolute Gasteiger partial charge is 0.507 e. The van der Waals surface area contributed by atoms with Crippen LogP contribution in [-0.4, -0.2) is 17.5 Å². The van der Waals surface area contributed by atoms with Crippen LogP contribution in [0.3, 0.4) is 0 Å². The first kappa shape index (κ1) is 22.5. The molecule has 0 heterocycles. The molecule has 1 aliphatic rings. The van der Waals surface area contributed by atoms with Crippen LogP contribution < -0.4 is 0 Å². The van der Waals surface area contributed by atoms with E-state index in [2.05, 4.69) is 0 Å². The molecule has 0 fully saturated rings. The zero-order chi connectivity index (χ0) is 23.5. The van der Waals surface area contributed by atoms with Crippen molar-refractivity contribution in [1.29, 1.82) is 0 Å². The fraction of sp³-hybridized carbons (Fsp3) is 0.360. The van der Waals surface area contributed by atoms with Gasteiger partial charge in [-0.05, 0) is 66.5 Å². The number of benzene rings is 3. The number of phenolic OH excluding ortho intramolecular Hbond substituents is 1. The number of alkyl halides is 6. The Morgan fingerprint density at radius 1 is 0.719 bits per heavy atom. The number of fused-ring (bicyclic) bond motifs is 5. The van der Waals surface area contributed by atoms with E-state index in [1.165, 1.54) is 6.07 Å². The third-order valence-corrected chi connectivity index (χ3v) is 6.42. The molecule has 32 heavy (non-hydrogen) atoms. The minimum Gasteiger partial charge on any atom is -0.507 e. The van der Waals surface area contributed by atoms with Crippen molar-refractivity contribution in [3.05, 3.63) is 64.7 Å². The van der Waals surface area contributed by atoms with Gasteiger partial charge >= 0.3 is 12.4 Å². The van der Waals surface area contributed by atoms with E-state index < -0.39 is 43.5 Å². The van der Waals surface area contributed by atoms with E-state index >= 15 is 0 Å². The highest BCUT2D eigenvalue weighted by Gasteiger charge is 2.48. The molecule has 1 nitrogen and oxygen atoms in total. The number of hydrogen-bond acceptors (Lipinski definition) is 1. The van der Waals surface area contributed by atoms with Gasteiger partial charge in [-0.2, -0.15) is 26.3 Å². The van der Waals surface area contributed by atoms with E-state index in [1.807, 2.05) is 13.0 Å². The Morgan fingerprint density at radius 2 is 1.28 bits per heavy atom. The maximum atomic E-state index is 13.3. The highest BCUT2D eigenvalue weighted by molar-refractivity contribution is 6.05. The van der Waals surface area contributed by atoms with E-state index in [0.717, 1.165) is 11.1 Å². The van der Waals surface area contributed by atoms with Crippen molar-refractivity contribution >= 4 is 10.8 Å². The van der Waals surface area contributed by atoms with Gasteiger partial charge in [0, 0.05) is 23.6 Å². The van der Waals surface area contributed by atoms with Gasteiger partial charge in [0.15, 0.2) is 0 Å². The van der Waals surface area contributed by atoms with Gasteiger partial charge in [-0.3, -0.25) is 0 Å². The molecular formula is C25H22F6O. The van der Waals surface area contributed by atoms with E-state index in [0.29, 0.717) is 33.0 Å². The van der Waals surface area contributed by atoms with Crippen molar-refractivity contribution in [1.82, 2.24) is 0 Å². The molecule has 0 unspecified atom stereocenters. The summed E-state index contributed by atoms with van der Waals surface area (Å²) in [6.45, 7) is 3.61. The van der Waals surface area contributed by atoms with Crippen molar-refractivity contribution < 1.29 is 31.4 Å². The molecule has 0 bridgehead atoms. The smallest absolute Gasteiger partial charge is 0.389 e. The summed E-state index contributed by atoms with van der Waals surface area (Å²) in [7, 11) is 0. The Hall–Kier alpha value is -2.70. The summed E-state index contributed by atoms with van der Waals surface area (Å²) in [6, 6.07) is 12.0. The number of hydrogen-bond donors (Lipinski definition) is 1. The Morgan fingerprint density at radius 3 is 1.88 bits per heavy atom. The molecule has 3 aromatic rings. The number of rotatable bonds is 4. The summed E-state index contributed by atoms with van der Waals surface area (Å²) in [5.41, 5.74) is 2.17. The van der Waals surface area contributed by atoms with Crippen LogP contribution in [0.5, 0.6) is 5.75 Å². The molecule has 0 saturated heterocycles. The molecular weight excluding hydrogens is 430 g/mol. The van der Waals surface area contributed by atoms with Crippen LogP contribution >= 0.6 is 0 Å². The summed E-state index contributed by atoms with van der Waals surface area (Å²) in [6.07, 6.45) is -12.5. The molecule has 1 N–H and O–H groups in total. The first-order valence-electron chi connectivity index (χ1n) is 10.3. The van der Waals surface area contributed by atoms with Crippen molar-refractivity contribution in [2.75, 3.05) is 0 Å². The van der Waals surface area contributed by atoms with Gasteiger partial charge in [-0.25, -0.2) is 0 Å². The average Bonchev–Trinajstić information content (AvgIpc) is 2.93. The van der Waals surface area contributed by atoms with Gasteiger partial charge < -0.3 is 5.11 Å². The monoisotopic (exact) mass is 452 g/mol. The third-order valence-electron chi connectivity index (χ3n) is 6.42. The van der Waals surface area contributed by atoms with Gasteiger partial charge in [-0.15, -0.1) is 0 Å². The molecule has 1 aliphatic carbocycles. The molecule has 0 aliphatic heterocycles. The quantitative estimate of drug-likeness (QED) is 0.397. The number of aromatic hydroxyl groups is 1. The lowest BCUT2D eigenvalue weighted by Gasteiger charge is -2.33. The Labute approximate surface area is 181 Å². The van der Waals surface area contributed by atoms with Crippen LogP contribution in [0.2, 0.25) is 0 Å². The van der Waals surface area contributed by atoms with Crippen molar-refractivity contribution in [3.8, 4) is 16.9 Å². The maximum absolute atomic E-state index is 13.3.